The minimum Gasteiger partial charge on any atom is -0.380 e. The molecule has 0 aromatic rings. The molecule has 0 aromatic heterocycles. The van der Waals surface area contributed by atoms with Crippen molar-refractivity contribution >= 4 is 0 Å². The zero-order valence-electron chi connectivity index (χ0n) is 16.5. The van der Waals surface area contributed by atoms with Crippen LogP contribution in [-0.2, 0) is 4.74 Å². The van der Waals surface area contributed by atoms with Gasteiger partial charge in [0.2, 0.25) is 0 Å². The van der Waals surface area contributed by atoms with Gasteiger partial charge in [-0.1, -0.05) is 25.2 Å². The lowest BCUT2D eigenvalue weighted by Gasteiger charge is -2.41. The number of nitrogens with one attached hydrogen (secondary N) is 1. The molecule has 0 spiro atoms. The Morgan fingerprint density at radius 3 is 2.93 bits per heavy atom. The molecule has 3 nitrogen and oxygen atoms in total. The molecule has 0 aromatic carbocycles. The Hall–Kier alpha value is -1.04. The van der Waals surface area contributed by atoms with Crippen LogP contribution in [0.15, 0.2) is 35.2 Å². The highest BCUT2D eigenvalue weighted by atomic mass is 19.1. The van der Waals surface area contributed by atoms with Crippen LogP contribution < -0.4 is 5.32 Å². The van der Waals surface area contributed by atoms with E-state index in [1.807, 2.05) is 0 Å². The lowest BCUT2D eigenvalue weighted by molar-refractivity contribution is 0.117. The van der Waals surface area contributed by atoms with E-state index in [1.165, 1.54) is 5.57 Å². The van der Waals surface area contributed by atoms with Gasteiger partial charge in [0, 0.05) is 43.9 Å². The zero-order chi connectivity index (χ0) is 19.0. The van der Waals surface area contributed by atoms with Crippen LogP contribution >= 0.6 is 0 Å². The molecule has 0 bridgehead atoms. The molecule has 5 heteroatoms. The van der Waals surface area contributed by atoms with Crippen LogP contribution in [0.1, 0.15) is 39.0 Å². The number of fused-ring (bicyclic) bond motifs is 1. The van der Waals surface area contributed by atoms with Crippen LogP contribution in [0.5, 0.6) is 0 Å². The van der Waals surface area contributed by atoms with Crippen LogP contribution in [-0.4, -0.2) is 56.0 Å². The first-order valence-corrected chi connectivity index (χ1v) is 10.5. The summed E-state index contributed by atoms with van der Waals surface area (Å²) in [6.07, 6.45) is 9.14. The number of halogens is 2. The highest BCUT2D eigenvalue weighted by Crippen LogP contribution is 2.39. The molecule has 0 saturated carbocycles. The van der Waals surface area contributed by atoms with Crippen LogP contribution in [0.3, 0.4) is 0 Å². The summed E-state index contributed by atoms with van der Waals surface area (Å²) in [5, 5.41) is 3.57. The van der Waals surface area contributed by atoms with Gasteiger partial charge in [-0.3, -0.25) is 4.90 Å². The van der Waals surface area contributed by atoms with Crippen molar-refractivity contribution in [3.05, 3.63) is 35.2 Å². The number of piperidine rings is 1. The standard InChI is InChI=1S/C22H32F2N2O/c1-14-10-15(13-27-2)6-7-21(14)26-9-8-19-16(12-26)11-20(25-19)22-17(23)4-3-5-18(22)24/h6-7,10,14,16-17,19-21,25H,3-5,8-9,11-13H2,1-2H3. The fourth-order valence-electron chi connectivity index (χ4n) is 5.56. The number of nitrogens with zero attached hydrogens (tertiary/aromatic N) is 1. The summed E-state index contributed by atoms with van der Waals surface area (Å²) in [6, 6.07) is 0.691. The van der Waals surface area contributed by atoms with E-state index < -0.39 is 6.17 Å². The van der Waals surface area contributed by atoms with Crippen LogP contribution in [0, 0.1) is 11.8 Å². The quantitative estimate of drug-likeness (QED) is 0.802. The fraction of sp³-hybridized carbons (Fsp3) is 0.727. The van der Waals surface area contributed by atoms with E-state index in [1.54, 1.807) is 7.11 Å². The molecule has 4 rings (SSSR count). The number of hydrogen-bond donors (Lipinski definition) is 1. The van der Waals surface area contributed by atoms with Gasteiger partial charge in [-0.05, 0) is 49.5 Å². The molecule has 6 unspecified atom stereocenters. The van der Waals surface area contributed by atoms with Crippen LogP contribution in [0.25, 0.3) is 0 Å². The predicted octanol–water partition coefficient (Wildman–Crippen LogP) is 3.93. The Balaban J connectivity index is 1.40. The fourth-order valence-corrected chi connectivity index (χ4v) is 5.56. The van der Waals surface area contributed by atoms with E-state index in [-0.39, 0.29) is 11.9 Å². The maximum atomic E-state index is 14.4. The summed E-state index contributed by atoms with van der Waals surface area (Å²) in [7, 11) is 1.73. The second-order valence-electron chi connectivity index (χ2n) is 8.71. The normalized spacial score (nSPS) is 40.2. The van der Waals surface area contributed by atoms with Gasteiger partial charge in [-0.25, -0.2) is 8.78 Å². The van der Waals surface area contributed by atoms with Gasteiger partial charge in [0.05, 0.1) is 6.61 Å². The third-order valence-electron chi connectivity index (χ3n) is 6.85. The van der Waals surface area contributed by atoms with Crippen molar-refractivity contribution in [2.24, 2.45) is 11.8 Å². The topological polar surface area (TPSA) is 24.5 Å². The number of rotatable bonds is 4. The lowest BCUT2D eigenvalue weighted by atomic mass is 9.85. The smallest absolute Gasteiger partial charge is 0.125 e. The average Bonchev–Trinajstić information content (AvgIpc) is 3.04. The summed E-state index contributed by atoms with van der Waals surface area (Å²) in [5.41, 5.74) is 1.67. The highest BCUT2D eigenvalue weighted by molar-refractivity contribution is 5.28. The minimum absolute atomic E-state index is 0.109. The molecule has 1 N–H and O–H groups in total. The Labute approximate surface area is 161 Å². The first-order valence-electron chi connectivity index (χ1n) is 10.5. The first kappa shape index (κ1) is 19.3. The molecule has 6 atom stereocenters. The predicted molar refractivity (Wildman–Crippen MR) is 104 cm³/mol. The van der Waals surface area contributed by atoms with Crippen molar-refractivity contribution in [1.29, 1.82) is 0 Å². The molecule has 0 amide bonds. The molecule has 2 aliphatic carbocycles. The summed E-state index contributed by atoms with van der Waals surface area (Å²) in [4.78, 5) is 2.56. The SMILES string of the molecule is COCC1=CC(C)C(N2CCC3NC(C4=C(F)CCCC4F)CC3C2)C=C1. The van der Waals surface area contributed by atoms with Crippen molar-refractivity contribution in [3.63, 3.8) is 0 Å². The maximum Gasteiger partial charge on any atom is 0.125 e. The highest BCUT2D eigenvalue weighted by Gasteiger charge is 2.43. The molecule has 0 radical (unpaired) electrons. The molecular formula is C22H32F2N2O. The molecule has 4 aliphatic rings. The van der Waals surface area contributed by atoms with Crippen LogP contribution in [0.2, 0.25) is 0 Å². The Kier molecular flexibility index (Phi) is 5.81. The second kappa shape index (κ2) is 8.14. The van der Waals surface area contributed by atoms with Gasteiger partial charge in [0.15, 0.2) is 0 Å². The molecule has 2 saturated heterocycles. The van der Waals surface area contributed by atoms with E-state index >= 15 is 0 Å². The van der Waals surface area contributed by atoms with E-state index in [4.69, 9.17) is 4.74 Å². The van der Waals surface area contributed by atoms with Crippen molar-refractivity contribution in [2.45, 2.75) is 63.3 Å². The molecular weight excluding hydrogens is 346 g/mol. The minimum atomic E-state index is -1.10. The molecule has 27 heavy (non-hydrogen) atoms. The van der Waals surface area contributed by atoms with Crippen molar-refractivity contribution in [2.75, 3.05) is 26.8 Å². The van der Waals surface area contributed by atoms with Crippen molar-refractivity contribution in [1.82, 2.24) is 10.2 Å². The van der Waals surface area contributed by atoms with E-state index in [0.717, 1.165) is 25.9 Å². The summed E-state index contributed by atoms with van der Waals surface area (Å²) < 4.78 is 33.9. The average molecular weight is 379 g/mol. The largest absolute Gasteiger partial charge is 0.380 e. The number of alkyl halides is 1. The first-order chi connectivity index (χ1) is 13.1. The Morgan fingerprint density at radius 2 is 2.19 bits per heavy atom. The molecule has 2 fully saturated rings. The molecule has 150 valence electrons. The Bertz CT molecular complexity index is 644. The van der Waals surface area contributed by atoms with E-state index in [0.29, 0.717) is 55.4 Å². The summed E-state index contributed by atoms with van der Waals surface area (Å²) in [6.45, 7) is 4.97. The van der Waals surface area contributed by atoms with Gasteiger partial charge in [0.25, 0.3) is 0 Å². The lowest BCUT2D eigenvalue weighted by Crippen LogP contribution is -2.50. The van der Waals surface area contributed by atoms with Crippen molar-refractivity contribution < 1.29 is 13.5 Å². The van der Waals surface area contributed by atoms with Gasteiger partial charge >= 0.3 is 0 Å². The number of likely N-dealkylation sites (tertiary alicyclic amines) is 1. The third kappa shape index (κ3) is 3.92. The van der Waals surface area contributed by atoms with Gasteiger partial charge < -0.3 is 10.1 Å². The number of allylic oxidation sites excluding steroid dienone is 1. The van der Waals surface area contributed by atoms with Gasteiger partial charge in [0.1, 0.15) is 12.0 Å². The van der Waals surface area contributed by atoms with Crippen LogP contribution in [0.4, 0.5) is 8.78 Å². The zero-order valence-corrected chi connectivity index (χ0v) is 16.5. The molecule has 2 heterocycles. The van der Waals surface area contributed by atoms with Crippen molar-refractivity contribution in [3.8, 4) is 0 Å². The van der Waals surface area contributed by atoms with Gasteiger partial charge in [-0.15, -0.1) is 0 Å². The number of hydrogen-bond acceptors (Lipinski definition) is 3. The van der Waals surface area contributed by atoms with E-state index in [2.05, 4.69) is 35.4 Å². The second-order valence-corrected chi connectivity index (χ2v) is 8.71. The van der Waals surface area contributed by atoms with E-state index in [9.17, 15) is 8.78 Å². The monoisotopic (exact) mass is 378 g/mol. The summed E-state index contributed by atoms with van der Waals surface area (Å²) in [5.74, 6) is 0.736. The molecule has 2 aliphatic heterocycles. The Morgan fingerprint density at radius 1 is 1.33 bits per heavy atom. The number of methoxy groups -OCH3 is 1. The number of ether oxygens (including phenoxy) is 1. The third-order valence-corrected chi connectivity index (χ3v) is 6.85. The van der Waals surface area contributed by atoms with Gasteiger partial charge in [-0.2, -0.15) is 0 Å². The summed E-state index contributed by atoms with van der Waals surface area (Å²) >= 11 is 0. The maximum absolute atomic E-state index is 14.4.